The Balaban J connectivity index is 0.000000209. The third kappa shape index (κ3) is 6.03. The number of anilines is 1. The normalized spacial score (nSPS) is 16.5. The Morgan fingerprint density at radius 1 is 1.32 bits per heavy atom. The van der Waals surface area contributed by atoms with Crippen molar-refractivity contribution in [2.45, 2.75) is 38.6 Å². The van der Waals surface area contributed by atoms with E-state index in [2.05, 4.69) is 53.6 Å². The Labute approximate surface area is 166 Å². The number of nitrogens with zero attached hydrogens (tertiary/aromatic N) is 4. The minimum atomic E-state index is 0.176. The van der Waals surface area contributed by atoms with E-state index in [1.165, 1.54) is 11.1 Å². The van der Waals surface area contributed by atoms with E-state index in [9.17, 15) is 4.79 Å². The minimum Gasteiger partial charge on any atom is -0.354 e. The van der Waals surface area contributed by atoms with Crippen molar-refractivity contribution in [3.8, 4) is 6.07 Å². The highest BCUT2D eigenvalue weighted by atomic mass is 16.1. The monoisotopic (exact) mass is 380 g/mol. The van der Waals surface area contributed by atoms with Gasteiger partial charge < -0.3 is 16.0 Å². The van der Waals surface area contributed by atoms with Gasteiger partial charge in [-0.05, 0) is 48.6 Å². The van der Waals surface area contributed by atoms with Gasteiger partial charge in [-0.15, -0.1) is 10.2 Å². The van der Waals surface area contributed by atoms with Gasteiger partial charge in [-0.25, -0.2) is 0 Å². The third-order valence-electron chi connectivity index (χ3n) is 4.89. The van der Waals surface area contributed by atoms with Gasteiger partial charge in [0, 0.05) is 19.1 Å². The van der Waals surface area contributed by atoms with Crippen LogP contribution in [0.3, 0.4) is 0 Å². The molecule has 148 valence electrons. The fourth-order valence-electron chi connectivity index (χ4n) is 2.97. The van der Waals surface area contributed by atoms with Crippen LogP contribution in [-0.2, 0) is 11.2 Å². The van der Waals surface area contributed by atoms with Gasteiger partial charge >= 0.3 is 0 Å². The SMILES string of the molecule is CCc1ccc(C(C)CN)cc1.N#Cc1ccc(N2CCC(NC=O)C2)nn1. The molecule has 0 aliphatic carbocycles. The van der Waals surface area contributed by atoms with Crippen molar-refractivity contribution in [2.75, 3.05) is 24.5 Å². The molecule has 2 atom stereocenters. The molecule has 1 aromatic carbocycles. The van der Waals surface area contributed by atoms with Crippen LogP contribution in [0.2, 0.25) is 0 Å². The molecular formula is C21H28N6O. The lowest BCUT2D eigenvalue weighted by atomic mass is 10.00. The summed E-state index contributed by atoms with van der Waals surface area (Å²) in [6.45, 7) is 6.62. The van der Waals surface area contributed by atoms with Crippen LogP contribution in [-0.4, -0.2) is 42.3 Å². The van der Waals surface area contributed by atoms with Gasteiger partial charge in [0.05, 0.1) is 0 Å². The second-order valence-electron chi connectivity index (χ2n) is 6.84. The van der Waals surface area contributed by atoms with E-state index in [1.807, 2.05) is 11.0 Å². The summed E-state index contributed by atoms with van der Waals surface area (Å²) in [7, 11) is 0. The van der Waals surface area contributed by atoms with Crippen molar-refractivity contribution in [3.63, 3.8) is 0 Å². The van der Waals surface area contributed by atoms with Crippen LogP contribution >= 0.6 is 0 Å². The van der Waals surface area contributed by atoms with Crippen LogP contribution in [0.1, 0.15) is 43.0 Å². The van der Waals surface area contributed by atoms with Gasteiger partial charge in [-0.1, -0.05) is 38.1 Å². The van der Waals surface area contributed by atoms with E-state index in [1.54, 1.807) is 12.1 Å². The number of rotatable bonds is 6. The Morgan fingerprint density at radius 3 is 2.61 bits per heavy atom. The van der Waals surface area contributed by atoms with Crippen LogP contribution in [0.4, 0.5) is 5.82 Å². The molecule has 0 bridgehead atoms. The van der Waals surface area contributed by atoms with E-state index in [0.717, 1.165) is 44.7 Å². The van der Waals surface area contributed by atoms with E-state index in [0.29, 0.717) is 11.6 Å². The zero-order chi connectivity index (χ0) is 20.4. The zero-order valence-corrected chi connectivity index (χ0v) is 16.5. The largest absolute Gasteiger partial charge is 0.354 e. The Morgan fingerprint density at radius 2 is 2.07 bits per heavy atom. The molecule has 1 aliphatic heterocycles. The molecule has 0 radical (unpaired) electrons. The highest BCUT2D eigenvalue weighted by Gasteiger charge is 2.22. The minimum absolute atomic E-state index is 0.176. The van der Waals surface area contributed by atoms with Gasteiger partial charge in [0.2, 0.25) is 6.41 Å². The van der Waals surface area contributed by atoms with Crippen LogP contribution in [0.25, 0.3) is 0 Å². The third-order valence-corrected chi connectivity index (χ3v) is 4.89. The van der Waals surface area contributed by atoms with Crippen LogP contribution < -0.4 is 16.0 Å². The molecule has 3 N–H and O–H groups in total. The molecule has 28 heavy (non-hydrogen) atoms. The molecule has 2 unspecified atom stereocenters. The highest BCUT2D eigenvalue weighted by molar-refractivity contribution is 5.48. The number of hydrogen-bond acceptors (Lipinski definition) is 6. The quantitative estimate of drug-likeness (QED) is 0.742. The van der Waals surface area contributed by atoms with E-state index >= 15 is 0 Å². The molecule has 2 heterocycles. The van der Waals surface area contributed by atoms with Crippen molar-refractivity contribution in [3.05, 3.63) is 53.2 Å². The number of carbonyl (C=O) groups excluding carboxylic acids is 1. The fourth-order valence-corrected chi connectivity index (χ4v) is 2.97. The van der Waals surface area contributed by atoms with Crippen molar-refractivity contribution < 1.29 is 4.79 Å². The van der Waals surface area contributed by atoms with Gasteiger partial charge in [0.1, 0.15) is 6.07 Å². The van der Waals surface area contributed by atoms with E-state index in [-0.39, 0.29) is 6.04 Å². The number of aryl methyl sites for hydroxylation is 1. The number of nitrogens with one attached hydrogen (secondary N) is 1. The summed E-state index contributed by atoms with van der Waals surface area (Å²) < 4.78 is 0. The van der Waals surface area contributed by atoms with Crippen LogP contribution in [0.5, 0.6) is 0 Å². The lowest BCUT2D eigenvalue weighted by molar-refractivity contribution is -0.110. The first kappa shape index (κ1) is 21.3. The molecule has 1 fully saturated rings. The zero-order valence-electron chi connectivity index (χ0n) is 16.5. The predicted molar refractivity (Wildman–Crippen MR) is 110 cm³/mol. The predicted octanol–water partition coefficient (Wildman–Crippen LogP) is 1.98. The molecule has 7 nitrogen and oxygen atoms in total. The number of benzene rings is 1. The number of nitriles is 1. The average molecular weight is 380 g/mol. The second-order valence-corrected chi connectivity index (χ2v) is 6.84. The first-order valence-corrected chi connectivity index (χ1v) is 9.58. The Hall–Kier alpha value is -2.98. The summed E-state index contributed by atoms with van der Waals surface area (Å²) in [6, 6.07) is 14.2. The van der Waals surface area contributed by atoms with E-state index in [4.69, 9.17) is 11.0 Å². The maximum atomic E-state index is 10.3. The maximum absolute atomic E-state index is 10.3. The van der Waals surface area contributed by atoms with Crippen molar-refractivity contribution in [1.29, 1.82) is 5.26 Å². The summed E-state index contributed by atoms with van der Waals surface area (Å²) in [5.74, 6) is 1.23. The topological polar surface area (TPSA) is 108 Å². The fraction of sp³-hybridized carbons (Fsp3) is 0.429. The average Bonchev–Trinajstić information content (AvgIpc) is 3.22. The first-order valence-electron chi connectivity index (χ1n) is 9.58. The van der Waals surface area contributed by atoms with Gasteiger partial charge in [0.15, 0.2) is 11.5 Å². The van der Waals surface area contributed by atoms with Gasteiger partial charge in [-0.3, -0.25) is 4.79 Å². The van der Waals surface area contributed by atoms with E-state index < -0.39 is 0 Å². The number of amides is 1. The summed E-state index contributed by atoms with van der Waals surface area (Å²) in [5, 5.41) is 19.1. The molecule has 0 saturated carbocycles. The first-order chi connectivity index (χ1) is 13.6. The van der Waals surface area contributed by atoms with Crippen molar-refractivity contribution in [2.24, 2.45) is 5.73 Å². The number of nitrogens with two attached hydrogens (primary N) is 1. The van der Waals surface area contributed by atoms with Crippen molar-refractivity contribution >= 4 is 12.2 Å². The molecule has 1 aliphatic rings. The van der Waals surface area contributed by atoms with Gasteiger partial charge in [-0.2, -0.15) is 5.26 Å². The molecular weight excluding hydrogens is 352 g/mol. The number of carbonyl (C=O) groups is 1. The molecule has 2 aromatic rings. The van der Waals surface area contributed by atoms with Crippen molar-refractivity contribution in [1.82, 2.24) is 15.5 Å². The van der Waals surface area contributed by atoms with Crippen LogP contribution in [0.15, 0.2) is 36.4 Å². The Kier molecular flexibility index (Phi) is 8.37. The summed E-state index contributed by atoms with van der Waals surface area (Å²) in [4.78, 5) is 12.3. The summed E-state index contributed by atoms with van der Waals surface area (Å²) in [6.07, 6.45) is 2.73. The molecule has 7 heteroatoms. The number of aromatic nitrogens is 2. The number of hydrogen-bond donors (Lipinski definition) is 2. The Bertz CT molecular complexity index is 769. The molecule has 1 saturated heterocycles. The maximum Gasteiger partial charge on any atom is 0.207 e. The second kappa shape index (κ2) is 11.0. The van der Waals surface area contributed by atoms with Gasteiger partial charge in [0.25, 0.3) is 0 Å². The smallest absolute Gasteiger partial charge is 0.207 e. The standard InChI is InChI=1S/C11H17N.C10H11N5O/c1-3-10-4-6-11(7-5-10)9(2)8-12;11-5-8-1-2-10(14-13-8)15-4-3-9(6-15)12-7-16/h4-7,9H,3,8,12H2,1-2H3;1-2,7,9H,3-4,6H2,(H,12,16). The molecule has 1 aromatic heterocycles. The van der Waals surface area contributed by atoms with Crippen LogP contribution in [0, 0.1) is 11.3 Å². The summed E-state index contributed by atoms with van der Waals surface area (Å²) in [5.41, 5.74) is 8.62. The summed E-state index contributed by atoms with van der Waals surface area (Å²) >= 11 is 0. The molecule has 3 rings (SSSR count). The lowest BCUT2D eigenvalue weighted by Crippen LogP contribution is -2.31. The molecule has 1 amide bonds. The molecule has 0 spiro atoms. The lowest BCUT2D eigenvalue weighted by Gasteiger charge is -2.16. The highest BCUT2D eigenvalue weighted by Crippen LogP contribution is 2.17.